The molecule has 0 saturated carbocycles. The number of hydrogen-bond donors (Lipinski definition) is 1. The zero-order valence-electron chi connectivity index (χ0n) is 11.7. The maximum absolute atomic E-state index is 13.8. The second-order valence-electron chi connectivity index (χ2n) is 4.73. The number of aryl methyl sites for hydroxylation is 1. The SMILES string of the molecule is CCCn1cncc1COc1ccc([C@@H](C)O)cc1F. The van der Waals surface area contributed by atoms with E-state index in [0.717, 1.165) is 18.7 Å². The van der Waals surface area contributed by atoms with E-state index >= 15 is 0 Å². The van der Waals surface area contributed by atoms with Crippen molar-refractivity contribution < 1.29 is 14.2 Å². The smallest absolute Gasteiger partial charge is 0.165 e. The zero-order chi connectivity index (χ0) is 14.5. The van der Waals surface area contributed by atoms with Crippen LogP contribution in [0.2, 0.25) is 0 Å². The van der Waals surface area contributed by atoms with Gasteiger partial charge in [-0.2, -0.15) is 0 Å². The third-order valence-electron chi connectivity index (χ3n) is 3.08. The van der Waals surface area contributed by atoms with Crippen LogP contribution in [-0.4, -0.2) is 14.7 Å². The molecule has 0 fully saturated rings. The Bertz CT molecular complexity index is 567. The van der Waals surface area contributed by atoms with Crippen LogP contribution in [0, 0.1) is 5.82 Å². The van der Waals surface area contributed by atoms with Crippen LogP contribution >= 0.6 is 0 Å². The van der Waals surface area contributed by atoms with Gasteiger partial charge in [-0.3, -0.25) is 0 Å². The molecule has 0 aliphatic heterocycles. The maximum atomic E-state index is 13.8. The Hall–Kier alpha value is -1.88. The second kappa shape index (κ2) is 6.52. The fraction of sp³-hybridized carbons (Fsp3) is 0.400. The van der Waals surface area contributed by atoms with Crippen LogP contribution < -0.4 is 4.74 Å². The lowest BCUT2D eigenvalue weighted by molar-refractivity contribution is 0.198. The molecule has 108 valence electrons. The Morgan fingerprint density at radius 3 is 2.90 bits per heavy atom. The van der Waals surface area contributed by atoms with Crippen LogP contribution in [0.15, 0.2) is 30.7 Å². The molecule has 0 amide bonds. The topological polar surface area (TPSA) is 47.3 Å². The van der Waals surface area contributed by atoms with Gasteiger partial charge in [0.15, 0.2) is 11.6 Å². The molecule has 5 heteroatoms. The predicted molar refractivity (Wildman–Crippen MR) is 73.9 cm³/mol. The first-order valence-corrected chi connectivity index (χ1v) is 6.71. The van der Waals surface area contributed by atoms with E-state index < -0.39 is 11.9 Å². The van der Waals surface area contributed by atoms with Gasteiger partial charge in [0.25, 0.3) is 0 Å². The molecule has 0 aliphatic carbocycles. The molecular weight excluding hydrogens is 259 g/mol. The van der Waals surface area contributed by atoms with Gasteiger partial charge in [0.05, 0.1) is 24.3 Å². The first-order valence-electron chi connectivity index (χ1n) is 6.71. The summed E-state index contributed by atoms with van der Waals surface area (Å²) in [5, 5.41) is 9.40. The molecule has 20 heavy (non-hydrogen) atoms. The standard InChI is InChI=1S/C15H19FN2O2/c1-3-6-18-10-17-8-13(18)9-20-15-5-4-12(11(2)19)7-14(15)16/h4-5,7-8,10-11,19H,3,6,9H2,1-2H3/t11-/m1/s1. The summed E-state index contributed by atoms with van der Waals surface area (Å²) in [6.45, 7) is 4.81. The fourth-order valence-corrected chi connectivity index (χ4v) is 1.96. The monoisotopic (exact) mass is 278 g/mol. The number of nitrogens with zero attached hydrogens (tertiary/aromatic N) is 2. The minimum atomic E-state index is -0.690. The summed E-state index contributed by atoms with van der Waals surface area (Å²) in [6, 6.07) is 4.49. The van der Waals surface area contributed by atoms with Crippen molar-refractivity contribution in [2.75, 3.05) is 0 Å². The lowest BCUT2D eigenvalue weighted by Crippen LogP contribution is -2.06. The van der Waals surface area contributed by atoms with Gasteiger partial charge in [-0.1, -0.05) is 13.0 Å². The summed E-state index contributed by atoms with van der Waals surface area (Å²) in [7, 11) is 0. The maximum Gasteiger partial charge on any atom is 0.165 e. The van der Waals surface area contributed by atoms with Gasteiger partial charge in [-0.25, -0.2) is 9.37 Å². The quantitative estimate of drug-likeness (QED) is 0.883. The van der Waals surface area contributed by atoms with Gasteiger partial charge < -0.3 is 14.4 Å². The van der Waals surface area contributed by atoms with Gasteiger partial charge in [-0.15, -0.1) is 0 Å². The molecule has 1 aromatic carbocycles. The predicted octanol–water partition coefficient (Wildman–Crippen LogP) is 3.06. The number of halogens is 1. The molecule has 0 spiro atoms. The molecule has 1 atom stereocenters. The van der Waals surface area contributed by atoms with E-state index in [2.05, 4.69) is 11.9 Å². The normalized spacial score (nSPS) is 12.4. The summed E-state index contributed by atoms with van der Waals surface area (Å²) in [6.07, 6.45) is 3.78. The molecular formula is C15H19FN2O2. The van der Waals surface area contributed by atoms with Crippen LogP contribution in [0.4, 0.5) is 4.39 Å². The second-order valence-corrected chi connectivity index (χ2v) is 4.73. The van der Waals surface area contributed by atoms with E-state index in [1.54, 1.807) is 25.5 Å². The van der Waals surface area contributed by atoms with E-state index in [1.165, 1.54) is 12.1 Å². The van der Waals surface area contributed by atoms with Gasteiger partial charge >= 0.3 is 0 Å². The van der Waals surface area contributed by atoms with Gasteiger partial charge in [-0.05, 0) is 31.0 Å². The third kappa shape index (κ3) is 3.36. The van der Waals surface area contributed by atoms with Crippen molar-refractivity contribution >= 4 is 0 Å². The molecule has 0 saturated heterocycles. The zero-order valence-corrected chi connectivity index (χ0v) is 11.7. The molecule has 2 aromatic rings. The van der Waals surface area contributed by atoms with E-state index in [1.807, 2.05) is 4.57 Å². The highest BCUT2D eigenvalue weighted by atomic mass is 19.1. The van der Waals surface area contributed by atoms with Gasteiger partial charge in [0.1, 0.15) is 6.61 Å². The van der Waals surface area contributed by atoms with E-state index in [9.17, 15) is 9.50 Å². The van der Waals surface area contributed by atoms with Crippen LogP contribution in [-0.2, 0) is 13.2 Å². The van der Waals surface area contributed by atoms with Crippen LogP contribution in [0.3, 0.4) is 0 Å². The average molecular weight is 278 g/mol. The van der Waals surface area contributed by atoms with Crippen molar-refractivity contribution in [3.63, 3.8) is 0 Å². The summed E-state index contributed by atoms with van der Waals surface area (Å²) in [5.74, 6) is -0.288. The Balaban J connectivity index is 2.05. The number of imidazole rings is 1. The highest BCUT2D eigenvalue weighted by molar-refractivity contribution is 5.30. The lowest BCUT2D eigenvalue weighted by Gasteiger charge is -2.11. The summed E-state index contributed by atoms with van der Waals surface area (Å²) in [4.78, 5) is 4.07. The molecule has 0 aliphatic rings. The average Bonchev–Trinajstić information content (AvgIpc) is 2.85. The first-order chi connectivity index (χ1) is 9.61. The van der Waals surface area contributed by atoms with Crippen molar-refractivity contribution in [3.8, 4) is 5.75 Å². The number of aliphatic hydroxyl groups excluding tert-OH is 1. The Morgan fingerprint density at radius 2 is 2.25 bits per heavy atom. The van der Waals surface area contributed by atoms with Crippen molar-refractivity contribution in [2.45, 2.75) is 39.5 Å². The Morgan fingerprint density at radius 1 is 1.45 bits per heavy atom. The van der Waals surface area contributed by atoms with E-state index in [-0.39, 0.29) is 12.4 Å². The Kier molecular flexibility index (Phi) is 4.74. The summed E-state index contributed by atoms with van der Waals surface area (Å²) < 4.78 is 21.3. The van der Waals surface area contributed by atoms with Crippen molar-refractivity contribution in [2.24, 2.45) is 0 Å². The van der Waals surface area contributed by atoms with Gasteiger partial charge in [0, 0.05) is 6.54 Å². The van der Waals surface area contributed by atoms with Crippen molar-refractivity contribution in [1.29, 1.82) is 0 Å². The molecule has 0 bridgehead atoms. The third-order valence-corrected chi connectivity index (χ3v) is 3.08. The minimum absolute atomic E-state index is 0.179. The van der Waals surface area contributed by atoms with Crippen molar-refractivity contribution in [1.82, 2.24) is 9.55 Å². The number of rotatable bonds is 6. The van der Waals surface area contributed by atoms with Gasteiger partial charge in [0.2, 0.25) is 0 Å². The van der Waals surface area contributed by atoms with Crippen LogP contribution in [0.25, 0.3) is 0 Å². The van der Waals surface area contributed by atoms with Crippen molar-refractivity contribution in [3.05, 3.63) is 47.8 Å². The number of hydrogen-bond acceptors (Lipinski definition) is 3. The Labute approximate surface area is 117 Å². The number of ether oxygens (including phenoxy) is 1. The van der Waals surface area contributed by atoms with E-state index in [0.29, 0.717) is 5.56 Å². The van der Waals surface area contributed by atoms with Crippen LogP contribution in [0.1, 0.15) is 37.6 Å². The highest BCUT2D eigenvalue weighted by Crippen LogP contribution is 2.22. The van der Waals surface area contributed by atoms with E-state index in [4.69, 9.17) is 4.74 Å². The molecule has 0 unspecified atom stereocenters. The molecule has 0 radical (unpaired) electrons. The minimum Gasteiger partial charge on any atom is -0.484 e. The summed E-state index contributed by atoms with van der Waals surface area (Å²) in [5.41, 5.74) is 1.44. The largest absolute Gasteiger partial charge is 0.484 e. The number of aromatic nitrogens is 2. The number of aliphatic hydroxyl groups is 1. The molecule has 1 aromatic heterocycles. The molecule has 2 rings (SSSR count). The fourth-order valence-electron chi connectivity index (χ4n) is 1.96. The highest BCUT2D eigenvalue weighted by Gasteiger charge is 2.09. The first kappa shape index (κ1) is 14.5. The van der Waals surface area contributed by atoms with Crippen LogP contribution in [0.5, 0.6) is 5.75 Å². The molecule has 1 N–H and O–H groups in total. The number of benzene rings is 1. The summed E-state index contributed by atoms with van der Waals surface area (Å²) >= 11 is 0. The molecule has 1 heterocycles. The molecule has 4 nitrogen and oxygen atoms in total. The lowest BCUT2D eigenvalue weighted by atomic mass is 10.1.